The molecule has 1 nitrogen and oxygen atoms in total. The number of hydrogen-bond donors (Lipinski definition) is 0. The van der Waals surface area contributed by atoms with Crippen LogP contribution >= 0.6 is 43.6 Å². The third-order valence-corrected chi connectivity index (χ3v) is 5.14. The summed E-state index contributed by atoms with van der Waals surface area (Å²) >= 11 is 4.88. The first kappa shape index (κ1) is 21.4. The summed E-state index contributed by atoms with van der Waals surface area (Å²) in [5, 5.41) is -5.54. The van der Waals surface area contributed by atoms with Crippen LogP contribution in [0.1, 0.15) is 0 Å². The Balaban J connectivity index is 2.63. The van der Waals surface area contributed by atoms with E-state index >= 15 is 0 Å². The van der Waals surface area contributed by atoms with Crippen LogP contribution in [0.15, 0.2) is 44.3 Å². The Kier molecular flexibility index (Phi) is 5.99. The second-order valence-corrected chi connectivity index (χ2v) is 7.72. The predicted octanol–water partition coefficient (Wildman–Crippen LogP) is 7.30. The molecule has 0 unspecified atom stereocenters. The van der Waals surface area contributed by atoms with E-state index in [2.05, 4.69) is 36.8 Å². The van der Waals surface area contributed by atoms with E-state index in [1.807, 2.05) is 0 Å². The van der Waals surface area contributed by atoms with E-state index in [0.717, 1.165) is 18.3 Å². The van der Waals surface area contributed by atoms with Gasteiger partial charge in [0.25, 0.3) is 0 Å². The molecule has 0 N–H and O–H groups in total. The average Bonchev–Trinajstić information content (AvgIpc) is 2.46. The number of benzene rings is 1. The first-order valence-electron chi connectivity index (χ1n) is 6.39. The molecular weight excluding hydrogens is 526 g/mol. The van der Waals surface area contributed by atoms with Gasteiger partial charge in [-0.1, -0.05) is 31.9 Å². The summed E-state index contributed by atoms with van der Waals surface area (Å²) in [4.78, 5) is 2.62. The molecule has 0 aliphatic rings. The molecule has 1 heterocycles. The van der Waals surface area contributed by atoms with Crippen LogP contribution in [-0.4, -0.2) is 22.3 Å². The Bertz CT molecular complexity index is 825. The van der Waals surface area contributed by atoms with Crippen LogP contribution in [0.25, 0.3) is 11.1 Å². The predicted molar refractivity (Wildman–Crippen MR) is 86.8 cm³/mol. The maximum atomic E-state index is 13.9. The molecule has 0 amide bonds. The Morgan fingerprint density at radius 2 is 1.58 bits per heavy atom. The molecule has 2 rings (SSSR count). The van der Waals surface area contributed by atoms with Crippen molar-refractivity contribution >= 4 is 43.6 Å². The van der Waals surface area contributed by atoms with Crippen LogP contribution in [0.4, 0.5) is 35.1 Å². The van der Waals surface area contributed by atoms with Crippen LogP contribution in [-0.2, 0) is 0 Å². The van der Waals surface area contributed by atoms with Crippen molar-refractivity contribution in [2.75, 3.05) is 0 Å². The van der Waals surface area contributed by atoms with E-state index in [4.69, 9.17) is 0 Å². The van der Waals surface area contributed by atoms with Crippen molar-refractivity contribution in [2.24, 2.45) is 0 Å². The standard InChI is InChI=1S/C14H5Br2F8NS/c15-6-4-8(16)10(7-2-1-3-25-11(7)17)9(5-6)26-14(23,24)12(18,19)13(20,21)22/h1-5H. The van der Waals surface area contributed by atoms with Crippen molar-refractivity contribution in [2.45, 2.75) is 22.2 Å². The van der Waals surface area contributed by atoms with Gasteiger partial charge in [0.1, 0.15) is 0 Å². The molecule has 1 aromatic heterocycles. The molecule has 0 aliphatic heterocycles. The second-order valence-electron chi connectivity index (χ2n) is 4.79. The van der Waals surface area contributed by atoms with Gasteiger partial charge in [-0.2, -0.15) is 35.1 Å². The average molecular weight is 531 g/mol. The van der Waals surface area contributed by atoms with E-state index in [-0.39, 0.29) is 20.1 Å². The third kappa shape index (κ3) is 4.01. The Hall–Kier alpha value is -0.880. The number of pyridine rings is 1. The van der Waals surface area contributed by atoms with E-state index in [1.54, 1.807) is 0 Å². The Morgan fingerprint density at radius 1 is 0.962 bits per heavy atom. The molecule has 12 heteroatoms. The van der Waals surface area contributed by atoms with Gasteiger partial charge in [-0.05, 0) is 36.0 Å². The molecule has 26 heavy (non-hydrogen) atoms. The van der Waals surface area contributed by atoms with Crippen molar-refractivity contribution < 1.29 is 35.1 Å². The van der Waals surface area contributed by atoms with Gasteiger partial charge in [0.05, 0.1) is 0 Å². The van der Waals surface area contributed by atoms with Crippen LogP contribution in [0.2, 0.25) is 0 Å². The summed E-state index contributed by atoms with van der Waals surface area (Å²) in [5.74, 6) is -7.41. The third-order valence-electron chi connectivity index (χ3n) is 3.01. The first-order valence-corrected chi connectivity index (χ1v) is 8.79. The van der Waals surface area contributed by atoms with Crippen molar-refractivity contribution in [1.29, 1.82) is 0 Å². The minimum atomic E-state index is -6.47. The van der Waals surface area contributed by atoms with Crippen LogP contribution in [0, 0.1) is 5.95 Å². The summed E-state index contributed by atoms with van der Waals surface area (Å²) in [7, 11) is 0. The number of aromatic nitrogens is 1. The molecule has 2 aromatic rings. The highest BCUT2D eigenvalue weighted by atomic mass is 79.9. The Morgan fingerprint density at radius 3 is 2.12 bits per heavy atom. The molecule has 142 valence electrons. The smallest absolute Gasteiger partial charge is 0.228 e. The molecule has 0 spiro atoms. The molecule has 0 saturated heterocycles. The van der Waals surface area contributed by atoms with Crippen LogP contribution < -0.4 is 0 Å². The lowest BCUT2D eigenvalue weighted by molar-refractivity contribution is -0.330. The highest BCUT2D eigenvalue weighted by Gasteiger charge is 2.73. The minimum absolute atomic E-state index is 0.00704. The van der Waals surface area contributed by atoms with Gasteiger partial charge in [-0.15, -0.1) is 0 Å². The van der Waals surface area contributed by atoms with E-state index in [1.165, 1.54) is 12.1 Å². The normalized spacial score (nSPS) is 13.2. The largest absolute Gasteiger partial charge is 0.460 e. The molecule has 0 saturated carbocycles. The van der Waals surface area contributed by atoms with Gasteiger partial charge in [0.15, 0.2) is 0 Å². The van der Waals surface area contributed by atoms with Gasteiger partial charge in [0.2, 0.25) is 5.95 Å². The fraction of sp³-hybridized carbons (Fsp3) is 0.214. The number of thioether (sulfide) groups is 1. The maximum Gasteiger partial charge on any atom is 0.460 e. The molecule has 0 atom stereocenters. The summed E-state index contributed by atoms with van der Waals surface area (Å²) < 4.78 is 105. The molecule has 0 fully saturated rings. The van der Waals surface area contributed by atoms with Crippen molar-refractivity contribution in [3.63, 3.8) is 0 Å². The van der Waals surface area contributed by atoms with Gasteiger partial charge in [-0.3, -0.25) is 0 Å². The lowest BCUT2D eigenvalue weighted by Crippen LogP contribution is -2.49. The minimum Gasteiger partial charge on any atom is -0.228 e. The zero-order valence-corrected chi connectivity index (χ0v) is 16.0. The monoisotopic (exact) mass is 529 g/mol. The molecule has 1 aromatic carbocycles. The fourth-order valence-electron chi connectivity index (χ4n) is 1.83. The molecule has 0 bridgehead atoms. The molecule has 0 radical (unpaired) electrons. The highest BCUT2D eigenvalue weighted by molar-refractivity contribution is 9.11. The van der Waals surface area contributed by atoms with Crippen molar-refractivity contribution in [3.05, 3.63) is 45.4 Å². The summed E-state index contributed by atoms with van der Waals surface area (Å²) in [5.41, 5.74) is -0.679. The summed E-state index contributed by atoms with van der Waals surface area (Å²) in [6, 6.07) is 4.56. The zero-order chi connectivity index (χ0) is 19.9. The highest BCUT2D eigenvalue weighted by Crippen LogP contribution is 2.56. The topological polar surface area (TPSA) is 12.9 Å². The van der Waals surface area contributed by atoms with Crippen molar-refractivity contribution in [1.82, 2.24) is 4.98 Å². The first-order chi connectivity index (χ1) is 11.8. The van der Waals surface area contributed by atoms with E-state index < -0.39 is 40.0 Å². The second kappa shape index (κ2) is 7.27. The number of hydrogen-bond acceptors (Lipinski definition) is 2. The lowest BCUT2D eigenvalue weighted by atomic mass is 10.1. The van der Waals surface area contributed by atoms with Gasteiger partial charge >= 0.3 is 17.4 Å². The molecular formula is C14H5Br2F8NS. The van der Waals surface area contributed by atoms with Gasteiger partial charge < -0.3 is 0 Å². The zero-order valence-electron chi connectivity index (χ0n) is 12.0. The van der Waals surface area contributed by atoms with Gasteiger partial charge in [0, 0.05) is 31.2 Å². The van der Waals surface area contributed by atoms with Crippen LogP contribution in [0.3, 0.4) is 0 Å². The SMILES string of the molecule is Fc1ncccc1-c1c(Br)cc(Br)cc1SC(F)(F)C(F)(F)C(F)(F)F. The molecule has 0 aliphatic carbocycles. The van der Waals surface area contributed by atoms with E-state index in [9.17, 15) is 35.1 Å². The summed E-state index contributed by atoms with van der Waals surface area (Å²) in [6.07, 6.45) is -5.41. The maximum absolute atomic E-state index is 13.9. The number of rotatable bonds is 4. The quantitative estimate of drug-likeness (QED) is 0.234. The Labute approximate surface area is 162 Å². The lowest BCUT2D eigenvalue weighted by Gasteiger charge is -2.28. The van der Waals surface area contributed by atoms with Gasteiger partial charge in [-0.25, -0.2) is 4.98 Å². The van der Waals surface area contributed by atoms with E-state index in [0.29, 0.717) is 0 Å². The number of alkyl halides is 7. The van der Waals surface area contributed by atoms with Crippen molar-refractivity contribution in [3.8, 4) is 11.1 Å². The number of halogens is 10. The fourth-order valence-corrected chi connectivity index (χ4v) is 4.58. The summed E-state index contributed by atoms with van der Waals surface area (Å²) in [6.45, 7) is 0. The number of nitrogens with zero attached hydrogens (tertiary/aromatic N) is 1. The van der Waals surface area contributed by atoms with Crippen LogP contribution in [0.5, 0.6) is 0 Å².